The second-order valence-corrected chi connectivity index (χ2v) is 27.9. The number of aliphatic hydroxyl groups is 11. The summed E-state index contributed by atoms with van der Waals surface area (Å²) in [5.74, 6) is -6.09. The second-order valence-electron chi connectivity index (χ2n) is 27.9. The van der Waals surface area contributed by atoms with Gasteiger partial charge in [0.05, 0.1) is 50.7 Å². The van der Waals surface area contributed by atoms with Crippen LogP contribution in [0, 0.1) is 0 Å². The summed E-state index contributed by atoms with van der Waals surface area (Å²) in [7, 11) is 0. The van der Waals surface area contributed by atoms with Gasteiger partial charge in [0, 0.05) is 19.8 Å². The Labute approximate surface area is 569 Å². The maximum atomic E-state index is 13.5. The van der Waals surface area contributed by atoms with E-state index in [1.165, 1.54) is 205 Å². The highest BCUT2D eigenvalue weighted by molar-refractivity contribution is 5.77. The second kappa shape index (κ2) is 52.7. The molecule has 0 spiro atoms. The predicted molar refractivity (Wildman–Crippen MR) is 362 cm³/mol. The molecule has 0 radical (unpaired) electrons. The van der Waals surface area contributed by atoms with Gasteiger partial charge in [0.2, 0.25) is 11.8 Å². The van der Waals surface area contributed by atoms with Gasteiger partial charge in [-0.1, -0.05) is 271 Å². The van der Waals surface area contributed by atoms with Crippen LogP contribution >= 0.6 is 0 Å². The normalized spacial score (nSPS) is 27.7. The fraction of sp³-hybridized carbons (Fsp3) is 0.958. The molecular formula is C72H136N2O21. The summed E-state index contributed by atoms with van der Waals surface area (Å²) >= 11 is 0. The van der Waals surface area contributed by atoms with Gasteiger partial charge in [0.25, 0.3) is 5.79 Å². The Kier molecular flexibility index (Phi) is 48.2. The van der Waals surface area contributed by atoms with Crippen molar-refractivity contribution in [3.63, 3.8) is 0 Å². The Bertz CT molecular complexity index is 1910. The van der Waals surface area contributed by atoms with Crippen LogP contribution in [0.2, 0.25) is 0 Å². The van der Waals surface area contributed by atoms with Crippen molar-refractivity contribution in [1.29, 1.82) is 0 Å². The summed E-state index contributed by atoms with van der Waals surface area (Å²) < 4.78 is 34.9. The van der Waals surface area contributed by atoms with Crippen LogP contribution in [0.5, 0.6) is 0 Å². The average molecular weight is 1370 g/mol. The molecule has 14 N–H and O–H groups in total. The highest BCUT2D eigenvalue weighted by Gasteiger charge is 2.60. The predicted octanol–water partition coefficient (Wildman–Crippen LogP) is 8.46. The molecule has 2 amide bonds. The molecule has 3 fully saturated rings. The molecule has 0 aromatic heterocycles. The van der Waals surface area contributed by atoms with Gasteiger partial charge in [-0.05, 0) is 12.8 Å². The molecule has 3 aliphatic heterocycles. The Morgan fingerprint density at radius 3 is 1.32 bits per heavy atom. The van der Waals surface area contributed by atoms with E-state index < -0.39 is 148 Å². The lowest BCUT2D eigenvalue weighted by Crippen LogP contribution is -2.70. The molecule has 23 nitrogen and oxygen atoms in total. The molecular weight excluding hydrogens is 1230 g/mol. The summed E-state index contributed by atoms with van der Waals surface area (Å²) in [5.41, 5.74) is 0. The van der Waals surface area contributed by atoms with Crippen molar-refractivity contribution in [1.82, 2.24) is 10.6 Å². The largest absolute Gasteiger partial charge is 0.477 e. The number of carboxylic acid groups (broad SMARTS) is 1. The molecule has 3 heterocycles. The number of carboxylic acids is 1. The van der Waals surface area contributed by atoms with Crippen molar-refractivity contribution in [2.24, 2.45) is 0 Å². The Hall–Kier alpha value is -2.27. The van der Waals surface area contributed by atoms with E-state index in [1.807, 2.05) is 0 Å². The fourth-order valence-electron chi connectivity index (χ4n) is 13.5. The molecule has 23 heteroatoms. The molecule has 0 saturated carbocycles. The molecule has 0 aromatic rings. The third-order valence-electron chi connectivity index (χ3n) is 19.6. The van der Waals surface area contributed by atoms with Crippen molar-refractivity contribution < 1.29 is 104 Å². The molecule has 3 saturated heterocycles. The summed E-state index contributed by atoms with van der Waals surface area (Å²) in [4.78, 5) is 38.6. The van der Waals surface area contributed by atoms with Gasteiger partial charge in [-0.25, -0.2) is 4.79 Å². The van der Waals surface area contributed by atoms with Gasteiger partial charge in [0.1, 0.15) is 67.1 Å². The van der Waals surface area contributed by atoms with Gasteiger partial charge in [-0.3, -0.25) is 9.59 Å². The number of amides is 2. The first kappa shape index (κ1) is 86.9. The van der Waals surface area contributed by atoms with Gasteiger partial charge in [0.15, 0.2) is 12.6 Å². The van der Waals surface area contributed by atoms with Crippen molar-refractivity contribution in [3.8, 4) is 0 Å². The van der Waals surface area contributed by atoms with Crippen LogP contribution in [0.25, 0.3) is 0 Å². The van der Waals surface area contributed by atoms with E-state index in [9.17, 15) is 75.7 Å². The van der Waals surface area contributed by atoms with Gasteiger partial charge >= 0.3 is 5.97 Å². The molecule has 18 unspecified atom stereocenters. The maximum Gasteiger partial charge on any atom is 0.364 e. The van der Waals surface area contributed by atoms with Crippen molar-refractivity contribution in [2.45, 2.75) is 413 Å². The van der Waals surface area contributed by atoms with E-state index in [1.54, 1.807) is 0 Å². The first-order valence-electron chi connectivity index (χ1n) is 37.9. The third-order valence-corrected chi connectivity index (χ3v) is 19.6. The number of aliphatic carboxylic acids is 1. The van der Waals surface area contributed by atoms with E-state index in [-0.39, 0.29) is 18.9 Å². The van der Waals surface area contributed by atoms with Crippen molar-refractivity contribution in [2.75, 3.05) is 26.4 Å². The molecule has 95 heavy (non-hydrogen) atoms. The minimum absolute atomic E-state index is 0.230. The smallest absolute Gasteiger partial charge is 0.364 e. The number of hydrogen-bond acceptors (Lipinski definition) is 20. The summed E-state index contributed by atoms with van der Waals surface area (Å²) in [6.07, 6.45) is 22.3. The minimum atomic E-state index is -3.08. The van der Waals surface area contributed by atoms with Crippen LogP contribution in [0.3, 0.4) is 0 Å². The molecule has 18 atom stereocenters. The van der Waals surface area contributed by atoms with Crippen LogP contribution in [0.1, 0.15) is 303 Å². The molecule has 0 aliphatic carbocycles. The number of carbonyl (C=O) groups excluding carboxylic acids is 2. The minimum Gasteiger partial charge on any atom is -0.477 e. The molecule has 0 bridgehead atoms. The lowest BCUT2D eigenvalue weighted by Gasteiger charge is -2.50. The topological polar surface area (TPSA) is 373 Å². The van der Waals surface area contributed by atoms with Gasteiger partial charge < -0.3 is 100 Å². The maximum absolute atomic E-state index is 13.5. The zero-order valence-electron chi connectivity index (χ0n) is 58.8. The molecule has 0 aromatic carbocycles. The van der Waals surface area contributed by atoms with Gasteiger partial charge in [-0.2, -0.15) is 0 Å². The quantitative estimate of drug-likeness (QED) is 0.0254. The van der Waals surface area contributed by atoms with Crippen molar-refractivity contribution in [3.05, 3.63) is 0 Å². The lowest BCUT2D eigenvalue weighted by molar-refractivity contribution is -0.386. The van der Waals surface area contributed by atoms with Crippen LogP contribution in [0.4, 0.5) is 0 Å². The standard InChI is InChI=1S/C72H136N2O21/c1-4-6-8-10-12-14-16-18-20-22-24-26-28-30-32-34-36-38-40-42-44-46-59(82)74-53(54(79)45-43-41-39-37-35-33-31-29-27-25-23-21-19-17-15-13-11-9-7-5-2)51-90-69-64(86)63(85)66(58(50-77)92-69)93-70-65(87)68(62(84)57(49-76)91-70)95-72(71(88)89)47-55(80)60(73-52(3)78)67(94-72)61(83)56(81)48-75/h53-58,60-70,75-77,79-81,83-87H,4-51H2,1-3H3,(H,73,78)(H,74,82)(H,88,89). The third kappa shape index (κ3) is 34.3. The number of ether oxygens (including phenoxy) is 6. The van der Waals surface area contributed by atoms with Crippen LogP contribution < -0.4 is 10.6 Å². The molecule has 3 rings (SSSR count). The zero-order chi connectivity index (χ0) is 69.6. The summed E-state index contributed by atoms with van der Waals surface area (Å²) in [6.45, 7) is 2.25. The fourth-order valence-corrected chi connectivity index (χ4v) is 13.5. The first-order chi connectivity index (χ1) is 45.9. The van der Waals surface area contributed by atoms with Crippen LogP contribution in [-0.4, -0.2) is 215 Å². The number of rotatable bonds is 59. The Morgan fingerprint density at radius 1 is 0.505 bits per heavy atom. The van der Waals surface area contributed by atoms with E-state index >= 15 is 0 Å². The number of unbranched alkanes of at least 4 members (excludes halogenated alkanes) is 39. The van der Waals surface area contributed by atoms with E-state index in [0.29, 0.717) is 19.3 Å². The number of hydrogen-bond donors (Lipinski definition) is 14. The van der Waals surface area contributed by atoms with E-state index in [4.69, 9.17) is 28.4 Å². The number of nitrogens with one attached hydrogen (secondary N) is 2. The SMILES string of the molecule is CCCCCCCCCCCCCCCCCCCCCCCC(=O)NC(COC1OC(CO)C(OC2OC(CO)C(O)C(OC3(C(=O)O)CC(O)C(NC(C)=O)C(C(O)C(O)CO)O3)C2O)C(O)C1O)C(O)CCCCCCCCCCCCCCCCCCCCCC. The van der Waals surface area contributed by atoms with E-state index in [2.05, 4.69) is 24.5 Å². The summed E-state index contributed by atoms with van der Waals surface area (Å²) in [5, 5.41) is 136. The summed E-state index contributed by atoms with van der Waals surface area (Å²) in [6, 6.07) is -2.52. The zero-order valence-corrected chi connectivity index (χ0v) is 58.8. The number of aliphatic hydroxyl groups excluding tert-OH is 11. The molecule has 3 aliphatic rings. The lowest BCUT2D eigenvalue weighted by atomic mass is 9.88. The Morgan fingerprint density at radius 2 is 0.916 bits per heavy atom. The van der Waals surface area contributed by atoms with Crippen molar-refractivity contribution >= 4 is 17.8 Å². The Balaban J connectivity index is 1.55. The monoisotopic (exact) mass is 1360 g/mol. The van der Waals surface area contributed by atoms with Crippen LogP contribution in [-0.2, 0) is 42.8 Å². The van der Waals surface area contributed by atoms with Gasteiger partial charge in [-0.15, -0.1) is 0 Å². The highest BCUT2D eigenvalue weighted by Crippen LogP contribution is 2.39. The number of carbonyl (C=O) groups is 3. The highest BCUT2D eigenvalue weighted by atomic mass is 16.8. The average Bonchev–Trinajstić information content (AvgIpc) is 0.757. The first-order valence-corrected chi connectivity index (χ1v) is 37.9. The molecule has 560 valence electrons. The van der Waals surface area contributed by atoms with E-state index in [0.717, 1.165) is 51.9 Å². The van der Waals surface area contributed by atoms with Crippen LogP contribution in [0.15, 0.2) is 0 Å².